The summed E-state index contributed by atoms with van der Waals surface area (Å²) in [5, 5.41) is 4.24. The van der Waals surface area contributed by atoms with Crippen LogP contribution in [-0.4, -0.2) is 48.1 Å². The van der Waals surface area contributed by atoms with Crippen molar-refractivity contribution >= 4 is 22.4 Å². The van der Waals surface area contributed by atoms with Crippen LogP contribution in [0.2, 0.25) is 0 Å². The summed E-state index contributed by atoms with van der Waals surface area (Å²) < 4.78 is 15.1. The highest BCUT2D eigenvalue weighted by molar-refractivity contribution is 5.96. The van der Waals surface area contributed by atoms with Gasteiger partial charge in [0.1, 0.15) is 11.5 Å². The molecule has 0 spiro atoms. The van der Waals surface area contributed by atoms with E-state index in [-0.39, 0.29) is 5.82 Å². The van der Waals surface area contributed by atoms with Crippen LogP contribution in [0.3, 0.4) is 0 Å². The third-order valence-corrected chi connectivity index (χ3v) is 6.44. The minimum atomic E-state index is -0.193. The van der Waals surface area contributed by atoms with Gasteiger partial charge in [0.25, 0.3) is 0 Å². The number of anilines is 2. The van der Waals surface area contributed by atoms with Crippen LogP contribution in [0, 0.1) is 5.82 Å². The first-order valence-electron chi connectivity index (χ1n) is 11.5. The summed E-state index contributed by atoms with van der Waals surface area (Å²) in [5.74, 6) is -0.193. The summed E-state index contributed by atoms with van der Waals surface area (Å²) in [6.07, 6.45) is 5.30. The van der Waals surface area contributed by atoms with Crippen LogP contribution in [-0.2, 0) is 0 Å². The maximum atomic E-state index is 15.1. The van der Waals surface area contributed by atoms with Gasteiger partial charge in [0, 0.05) is 72.7 Å². The van der Waals surface area contributed by atoms with Crippen molar-refractivity contribution in [2.24, 2.45) is 5.73 Å². The van der Waals surface area contributed by atoms with Crippen LogP contribution in [0.5, 0.6) is 0 Å². The normalized spacial score (nSPS) is 15.1. The van der Waals surface area contributed by atoms with Gasteiger partial charge in [-0.15, -0.1) is 0 Å². The number of H-pyrrole nitrogens is 1. The van der Waals surface area contributed by atoms with Crippen molar-refractivity contribution in [2.75, 3.05) is 43.4 Å². The fourth-order valence-corrected chi connectivity index (χ4v) is 4.39. The predicted molar refractivity (Wildman–Crippen MR) is 138 cm³/mol. The second-order valence-electron chi connectivity index (χ2n) is 8.83. The minimum absolute atomic E-state index is 0.193. The molecule has 0 aliphatic carbocycles. The molecule has 1 saturated heterocycles. The third kappa shape index (κ3) is 4.34. The quantitative estimate of drug-likeness (QED) is 0.393. The Bertz CT molecular complexity index is 1330. The first kappa shape index (κ1) is 22.0. The van der Waals surface area contributed by atoms with E-state index in [4.69, 9.17) is 5.73 Å². The SMILES string of the molecule is C/C(=C/N)Nc1ccc(-c2c[nH]c3ncc(-c4ccc(N5CCN(C)CC5)c(F)c4)cc23)cc1. The summed E-state index contributed by atoms with van der Waals surface area (Å²) in [6.45, 7) is 5.48. The summed E-state index contributed by atoms with van der Waals surface area (Å²) in [6, 6.07) is 15.7. The number of nitrogens with zero attached hydrogens (tertiary/aromatic N) is 3. The Labute approximate surface area is 198 Å². The van der Waals surface area contributed by atoms with Gasteiger partial charge in [-0.1, -0.05) is 18.2 Å². The second-order valence-corrected chi connectivity index (χ2v) is 8.83. The van der Waals surface area contributed by atoms with Crippen LogP contribution >= 0.6 is 0 Å². The van der Waals surface area contributed by atoms with Crippen molar-refractivity contribution in [3.8, 4) is 22.3 Å². The van der Waals surface area contributed by atoms with Crippen molar-refractivity contribution in [1.82, 2.24) is 14.9 Å². The number of pyridine rings is 1. The lowest BCUT2D eigenvalue weighted by Crippen LogP contribution is -2.44. The molecule has 0 atom stereocenters. The molecule has 174 valence electrons. The van der Waals surface area contributed by atoms with Gasteiger partial charge in [-0.05, 0) is 55.4 Å². The molecule has 0 saturated carbocycles. The molecule has 1 fully saturated rings. The fourth-order valence-electron chi connectivity index (χ4n) is 4.39. The number of halogens is 1. The van der Waals surface area contributed by atoms with Gasteiger partial charge in [0.05, 0.1) is 5.69 Å². The Kier molecular flexibility index (Phi) is 5.94. The molecule has 5 rings (SSSR count). The highest BCUT2D eigenvalue weighted by atomic mass is 19.1. The van der Waals surface area contributed by atoms with Gasteiger partial charge >= 0.3 is 0 Å². The topological polar surface area (TPSA) is 73.2 Å². The van der Waals surface area contributed by atoms with E-state index in [9.17, 15) is 0 Å². The maximum Gasteiger partial charge on any atom is 0.147 e. The number of fused-ring (bicyclic) bond motifs is 1. The number of benzene rings is 2. The Hall–Kier alpha value is -3.84. The number of rotatable bonds is 5. The summed E-state index contributed by atoms with van der Waals surface area (Å²) >= 11 is 0. The van der Waals surface area contributed by atoms with E-state index in [0.29, 0.717) is 5.69 Å². The Morgan fingerprint density at radius 2 is 1.76 bits per heavy atom. The lowest BCUT2D eigenvalue weighted by Gasteiger charge is -2.34. The number of hydrogen-bond acceptors (Lipinski definition) is 5. The lowest BCUT2D eigenvalue weighted by atomic mass is 10.0. The number of allylic oxidation sites excluding steroid dienone is 1. The van der Waals surface area contributed by atoms with Crippen molar-refractivity contribution < 1.29 is 4.39 Å². The molecule has 4 N–H and O–H groups in total. The number of nitrogens with one attached hydrogen (secondary N) is 2. The number of nitrogens with two attached hydrogens (primary N) is 1. The van der Waals surface area contributed by atoms with Crippen LogP contribution in [0.15, 0.2) is 72.8 Å². The first-order valence-corrected chi connectivity index (χ1v) is 11.5. The third-order valence-electron chi connectivity index (χ3n) is 6.44. The molecule has 0 radical (unpaired) electrons. The molecule has 0 bridgehead atoms. The molecule has 2 aromatic heterocycles. The molecular formula is C27H29FN6. The highest BCUT2D eigenvalue weighted by Gasteiger charge is 2.18. The average Bonchev–Trinajstić information content (AvgIpc) is 3.28. The van der Waals surface area contributed by atoms with Crippen molar-refractivity contribution in [3.63, 3.8) is 0 Å². The second kappa shape index (κ2) is 9.19. The number of aromatic amines is 1. The van der Waals surface area contributed by atoms with Crippen molar-refractivity contribution in [2.45, 2.75) is 6.92 Å². The molecule has 6 nitrogen and oxygen atoms in total. The van der Waals surface area contributed by atoms with E-state index in [0.717, 1.165) is 70.9 Å². The van der Waals surface area contributed by atoms with E-state index >= 15 is 4.39 Å². The minimum Gasteiger partial charge on any atom is -0.403 e. The molecule has 2 aromatic carbocycles. The van der Waals surface area contributed by atoms with E-state index in [2.05, 4.69) is 50.3 Å². The van der Waals surface area contributed by atoms with Crippen molar-refractivity contribution in [3.05, 3.63) is 78.6 Å². The zero-order chi connectivity index (χ0) is 23.7. The molecule has 1 aliphatic heterocycles. The van der Waals surface area contributed by atoms with Crippen LogP contribution in [0.1, 0.15) is 6.92 Å². The van der Waals surface area contributed by atoms with Crippen molar-refractivity contribution in [1.29, 1.82) is 0 Å². The summed E-state index contributed by atoms with van der Waals surface area (Å²) in [7, 11) is 2.10. The molecule has 1 aliphatic rings. The van der Waals surface area contributed by atoms with Gasteiger partial charge in [0.15, 0.2) is 0 Å². The maximum absolute atomic E-state index is 15.1. The van der Waals surface area contributed by atoms with E-state index < -0.39 is 0 Å². The number of aromatic nitrogens is 2. The van der Waals surface area contributed by atoms with Gasteiger partial charge in [-0.25, -0.2) is 9.37 Å². The Balaban J connectivity index is 1.43. The average molecular weight is 457 g/mol. The van der Waals surface area contributed by atoms with Crippen LogP contribution < -0.4 is 16.0 Å². The smallest absolute Gasteiger partial charge is 0.147 e. The Morgan fingerprint density at radius 3 is 2.47 bits per heavy atom. The predicted octanol–water partition coefficient (Wildman–Crippen LogP) is 5.02. The van der Waals surface area contributed by atoms with Gasteiger partial charge in [-0.3, -0.25) is 0 Å². The molecule has 34 heavy (non-hydrogen) atoms. The number of likely N-dealkylation sites (N-methyl/N-ethyl adjacent to an activating group) is 1. The summed E-state index contributed by atoms with van der Waals surface area (Å²) in [5.41, 5.74) is 12.7. The fraction of sp³-hybridized carbons (Fsp3) is 0.222. The zero-order valence-corrected chi connectivity index (χ0v) is 19.5. The first-order chi connectivity index (χ1) is 16.5. The Morgan fingerprint density at radius 1 is 1.03 bits per heavy atom. The van der Waals surface area contributed by atoms with Gasteiger partial charge in [-0.2, -0.15) is 0 Å². The zero-order valence-electron chi connectivity index (χ0n) is 19.5. The van der Waals surface area contributed by atoms with E-state index in [1.165, 1.54) is 0 Å². The molecular weight excluding hydrogens is 427 g/mol. The molecule has 7 heteroatoms. The lowest BCUT2D eigenvalue weighted by molar-refractivity contribution is 0.311. The number of hydrogen-bond donors (Lipinski definition) is 3. The highest BCUT2D eigenvalue weighted by Crippen LogP contribution is 2.33. The standard InChI is InChI=1S/C27H29FN6/c1-18(15-29)32-22-6-3-19(4-7-22)24-17-31-27-23(24)13-21(16-30-27)20-5-8-26(25(28)14-20)34-11-9-33(2)10-12-34/h3-8,13-17,32H,9-12,29H2,1-2H3,(H,30,31)/b18-15-. The monoisotopic (exact) mass is 456 g/mol. The van der Waals surface area contributed by atoms with E-state index in [1.807, 2.05) is 37.4 Å². The van der Waals surface area contributed by atoms with Crippen LogP contribution in [0.25, 0.3) is 33.3 Å². The number of piperazine rings is 1. The molecule has 0 amide bonds. The largest absolute Gasteiger partial charge is 0.403 e. The molecule has 4 aromatic rings. The molecule has 3 heterocycles. The van der Waals surface area contributed by atoms with Crippen LogP contribution in [0.4, 0.5) is 15.8 Å². The summed E-state index contributed by atoms with van der Waals surface area (Å²) in [4.78, 5) is 12.2. The molecule has 0 unspecified atom stereocenters. The van der Waals surface area contributed by atoms with Gasteiger partial charge in [0.2, 0.25) is 0 Å². The van der Waals surface area contributed by atoms with Gasteiger partial charge < -0.3 is 25.8 Å². The van der Waals surface area contributed by atoms with E-state index in [1.54, 1.807) is 18.5 Å².